The zero-order valence-electron chi connectivity index (χ0n) is 6.78. The van der Waals surface area contributed by atoms with E-state index in [1.54, 1.807) is 16.7 Å². The third-order valence-corrected chi connectivity index (χ3v) is 3.02. The van der Waals surface area contributed by atoms with Gasteiger partial charge >= 0.3 is 0 Å². The predicted octanol–water partition coefficient (Wildman–Crippen LogP) is -0.535. The monoisotopic (exact) mass is 188 g/mol. The van der Waals surface area contributed by atoms with Crippen LogP contribution >= 0.6 is 11.8 Å². The fourth-order valence-corrected chi connectivity index (χ4v) is 2.30. The van der Waals surface area contributed by atoms with Gasteiger partial charge in [-0.1, -0.05) is 0 Å². The lowest BCUT2D eigenvalue weighted by Gasteiger charge is -2.17. The molecule has 1 N–H and O–H groups in total. The molecule has 2 rings (SSSR count). The Bertz CT molecular complexity index is 158. The summed E-state index contributed by atoms with van der Waals surface area (Å²) in [5, 5.41) is 3.15. The van der Waals surface area contributed by atoms with Crippen LogP contribution < -0.4 is 5.32 Å². The topological polar surface area (TPSA) is 41.6 Å². The quantitative estimate of drug-likeness (QED) is 0.600. The highest BCUT2D eigenvalue weighted by molar-refractivity contribution is 7.99. The van der Waals surface area contributed by atoms with Crippen LogP contribution in [0.5, 0.6) is 0 Å². The van der Waals surface area contributed by atoms with E-state index >= 15 is 0 Å². The number of rotatable bonds is 1. The number of amides is 1. The minimum absolute atomic E-state index is 0.0247. The lowest BCUT2D eigenvalue weighted by Crippen LogP contribution is -2.43. The molecule has 0 radical (unpaired) electrons. The molecule has 0 bridgehead atoms. The summed E-state index contributed by atoms with van der Waals surface area (Å²) < 4.78 is 5.11. The normalized spacial score (nSPS) is 29.7. The fraction of sp³-hybridized carbons (Fsp3) is 0.857. The third kappa shape index (κ3) is 1.57. The average molecular weight is 188 g/mol. The van der Waals surface area contributed by atoms with E-state index in [0.717, 1.165) is 18.2 Å². The Hall–Kier alpha value is -0.260. The van der Waals surface area contributed by atoms with Crippen molar-refractivity contribution in [3.63, 3.8) is 0 Å². The summed E-state index contributed by atoms with van der Waals surface area (Å²) in [6, 6.07) is 0.0247. The lowest BCUT2D eigenvalue weighted by atomic mass is 10.3. The highest BCUT2D eigenvalue weighted by Crippen LogP contribution is 2.13. The van der Waals surface area contributed by atoms with Crippen LogP contribution in [-0.4, -0.2) is 48.4 Å². The first-order valence-corrected chi connectivity index (χ1v) is 5.21. The molecular formula is C7H12N2O2S. The first-order chi connectivity index (χ1) is 5.88. The first-order valence-electron chi connectivity index (χ1n) is 4.05. The maximum atomic E-state index is 11.6. The molecule has 0 saturated carbocycles. The number of thioether (sulfide) groups is 1. The van der Waals surface area contributed by atoms with E-state index in [2.05, 4.69) is 5.32 Å². The van der Waals surface area contributed by atoms with E-state index in [1.807, 2.05) is 0 Å². The lowest BCUT2D eigenvalue weighted by molar-refractivity contribution is -0.133. The zero-order chi connectivity index (χ0) is 8.39. The third-order valence-electron chi connectivity index (χ3n) is 2.08. The van der Waals surface area contributed by atoms with Crippen LogP contribution in [0.3, 0.4) is 0 Å². The van der Waals surface area contributed by atoms with Gasteiger partial charge < -0.3 is 9.64 Å². The van der Waals surface area contributed by atoms with E-state index in [4.69, 9.17) is 4.74 Å². The Morgan fingerprint density at radius 1 is 1.67 bits per heavy atom. The Morgan fingerprint density at radius 3 is 3.17 bits per heavy atom. The molecule has 5 heteroatoms. The summed E-state index contributed by atoms with van der Waals surface area (Å²) in [6.07, 6.45) is 0. The molecule has 0 aliphatic carbocycles. The Labute approximate surface area is 75.6 Å². The number of hydrogen-bond acceptors (Lipinski definition) is 4. The van der Waals surface area contributed by atoms with Crippen molar-refractivity contribution < 1.29 is 9.53 Å². The van der Waals surface area contributed by atoms with Crippen molar-refractivity contribution in [1.29, 1.82) is 0 Å². The molecule has 2 saturated heterocycles. The van der Waals surface area contributed by atoms with Crippen molar-refractivity contribution >= 4 is 17.7 Å². The summed E-state index contributed by atoms with van der Waals surface area (Å²) in [4.78, 5) is 13.4. The van der Waals surface area contributed by atoms with Crippen LogP contribution in [0.1, 0.15) is 0 Å². The van der Waals surface area contributed by atoms with Gasteiger partial charge in [0.15, 0.2) is 0 Å². The zero-order valence-corrected chi connectivity index (χ0v) is 7.60. The molecule has 2 aliphatic heterocycles. The van der Waals surface area contributed by atoms with Gasteiger partial charge in [-0.15, -0.1) is 11.8 Å². The van der Waals surface area contributed by atoms with Gasteiger partial charge in [0.2, 0.25) is 5.91 Å². The summed E-state index contributed by atoms with van der Waals surface area (Å²) in [5.74, 6) is 1.98. The van der Waals surface area contributed by atoms with Crippen molar-refractivity contribution in [2.24, 2.45) is 0 Å². The molecule has 0 aromatic rings. The van der Waals surface area contributed by atoms with Gasteiger partial charge in [-0.05, 0) is 0 Å². The van der Waals surface area contributed by atoms with Gasteiger partial charge in [-0.25, -0.2) is 0 Å². The van der Waals surface area contributed by atoms with Crippen LogP contribution in [0, 0.1) is 0 Å². The number of ether oxygens (including phenoxy) is 1. The number of carbonyl (C=O) groups excluding carboxylic acids is 1. The fourth-order valence-electron chi connectivity index (χ4n) is 1.36. The van der Waals surface area contributed by atoms with Gasteiger partial charge in [-0.2, -0.15) is 0 Å². The molecule has 2 aliphatic rings. The molecule has 2 heterocycles. The minimum Gasteiger partial charge on any atom is -0.359 e. The Morgan fingerprint density at radius 2 is 2.58 bits per heavy atom. The highest BCUT2D eigenvalue weighted by Gasteiger charge is 2.28. The summed E-state index contributed by atoms with van der Waals surface area (Å²) in [7, 11) is 0. The molecule has 0 aromatic heterocycles. The molecule has 68 valence electrons. The van der Waals surface area contributed by atoms with Gasteiger partial charge in [0.1, 0.15) is 6.73 Å². The summed E-state index contributed by atoms with van der Waals surface area (Å²) in [5.41, 5.74) is 0. The van der Waals surface area contributed by atoms with Gasteiger partial charge in [0, 0.05) is 18.2 Å². The maximum absolute atomic E-state index is 11.6. The number of nitrogens with one attached hydrogen (secondary N) is 1. The number of hydrogen-bond donors (Lipinski definition) is 1. The molecule has 4 nitrogen and oxygen atoms in total. The second kappa shape index (κ2) is 3.64. The van der Waals surface area contributed by atoms with Crippen LogP contribution in [0.4, 0.5) is 0 Å². The first kappa shape index (κ1) is 8.34. The van der Waals surface area contributed by atoms with Gasteiger partial charge in [0.05, 0.1) is 12.6 Å². The number of carbonyl (C=O) groups is 1. The van der Waals surface area contributed by atoms with Crippen molar-refractivity contribution in [3.8, 4) is 0 Å². The smallest absolute Gasteiger partial charge is 0.242 e. The van der Waals surface area contributed by atoms with Crippen LogP contribution in [-0.2, 0) is 9.53 Å². The largest absolute Gasteiger partial charge is 0.359 e. The van der Waals surface area contributed by atoms with Crippen molar-refractivity contribution in [2.75, 3.05) is 31.5 Å². The highest BCUT2D eigenvalue weighted by atomic mass is 32.2. The van der Waals surface area contributed by atoms with E-state index in [0.29, 0.717) is 13.3 Å². The predicted molar refractivity (Wildman–Crippen MR) is 46.8 cm³/mol. The van der Waals surface area contributed by atoms with Gasteiger partial charge in [-0.3, -0.25) is 10.1 Å². The van der Waals surface area contributed by atoms with Crippen LogP contribution in [0.25, 0.3) is 0 Å². The molecular weight excluding hydrogens is 176 g/mol. The van der Waals surface area contributed by atoms with E-state index < -0.39 is 0 Å². The maximum Gasteiger partial charge on any atom is 0.242 e. The Balaban J connectivity index is 1.89. The molecule has 0 spiro atoms. The summed E-state index contributed by atoms with van der Waals surface area (Å²) >= 11 is 1.77. The number of nitrogens with zero attached hydrogens (tertiary/aromatic N) is 1. The van der Waals surface area contributed by atoms with Crippen molar-refractivity contribution in [1.82, 2.24) is 10.2 Å². The van der Waals surface area contributed by atoms with Crippen molar-refractivity contribution in [3.05, 3.63) is 0 Å². The molecule has 12 heavy (non-hydrogen) atoms. The molecule has 2 fully saturated rings. The van der Waals surface area contributed by atoms with Crippen molar-refractivity contribution in [2.45, 2.75) is 6.04 Å². The molecule has 1 amide bonds. The van der Waals surface area contributed by atoms with Crippen LogP contribution in [0.2, 0.25) is 0 Å². The molecule has 1 unspecified atom stereocenters. The molecule has 1 atom stereocenters. The van der Waals surface area contributed by atoms with Gasteiger partial charge in [0.25, 0.3) is 0 Å². The summed E-state index contributed by atoms with van der Waals surface area (Å²) in [6.45, 7) is 1.91. The second-order valence-corrected chi connectivity index (χ2v) is 3.94. The minimum atomic E-state index is 0.0247. The van der Waals surface area contributed by atoms with E-state index in [-0.39, 0.29) is 11.9 Å². The van der Waals surface area contributed by atoms with E-state index in [1.165, 1.54) is 0 Å². The Kier molecular flexibility index (Phi) is 2.53. The van der Waals surface area contributed by atoms with E-state index in [9.17, 15) is 4.79 Å². The second-order valence-electron chi connectivity index (χ2n) is 2.91. The van der Waals surface area contributed by atoms with Crippen LogP contribution in [0.15, 0.2) is 0 Å². The SMILES string of the molecule is O=C(C1CSCN1)N1CCOC1. The standard InChI is InChI=1S/C7H12N2O2S/c10-7(6-3-12-4-8-6)9-1-2-11-5-9/h6,8H,1-5H2. The molecule has 0 aromatic carbocycles. The average Bonchev–Trinajstić information content (AvgIpc) is 2.77.